The monoisotopic (exact) mass is 201 g/mol. The predicted octanol–water partition coefficient (Wildman–Crippen LogP) is 2.77. The van der Waals surface area contributed by atoms with Crippen molar-refractivity contribution in [1.29, 1.82) is 0 Å². The highest BCUT2D eigenvalue weighted by Gasteiger charge is 1.92. The van der Waals surface area contributed by atoms with Crippen LogP contribution in [-0.2, 0) is 0 Å². The van der Waals surface area contributed by atoms with Gasteiger partial charge in [-0.2, -0.15) is 0 Å². The molecule has 0 heterocycles. The molecular weight excluding hydrogens is 182 g/mol. The summed E-state index contributed by atoms with van der Waals surface area (Å²) < 4.78 is 0. The average molecular weight is 201 g/mol. The van der Waals surface area contributed by atoms with E-state index in [1.165, 1.54) is 12.8 Å². The van der Waals surface area contributed by atoms with E-state index >= 15 is 0 Å². The van der Waals surface area contributed by atoms with Crippen LogP contribution in [0.25, 0.3) is 0 Å². The molecule has 80 valence electrons. The lowest BCUT2D eigenvalue weighted by Crippen LogP contribution is -2.19. The van der Waals surface area contributed by atoms with Crippen LogP contribution in [0.15, 0.2) is 30.3 Å². The summed E-state index contributed by atoms with van der Waals surface area (Å²) in [6, 6.07) is 10.1. The summed E-state index contributed by atoms with van der Waals surface area (Å²) in [5.74, 6) is 6.35. The van der Waals surface area contributed by atoms with Crippen molar-refractivity contribution in [3.05, 3.63) is 35.9 Å². The zero-order chi connectivity index (χ0) is 10.9. The molecule has 0 unspecified atom stereocenters. The van der Waals surface area contributed by atoms with Crippen LogP contribution in [0.5, 0.6) is 0 Å². The Morgan fingerprint density at radius 2 is 1.93 bits per heavy atom. The molecule has 0 saturated heterocycles. The summed E-state index contributed by atoms with van der Waals surface area (Å²) >= 11 is 0. The first-order valence-corrected chi connectivity index (χ1v) is 5.55. The molecule has 1 nitrogen and oxygen atoms in total. The lowest BCUT2D eigenvalue weighted by molar-refractivity contribution is 0.367. The van der Waals surface area contributed by atoms with Gasteiger partial charge in [0.25, 0.3) is 0 Å². The maximum absolute atomic E-state index is 3.19. The molecule has 1 aromatic rings. The first kappa shape index (κ1) is 11.8. The van der Waals surface area contributed by atoms with Gasteiger partial charge in [-0.05, 0) is 32.1 Å². The Morgan fingerprint density at radius 3 is 2.60 bits per heavy atom. The van der Waals surface area contributed by atoms with Crippen LogP contribution in [0.4, 0.5) is 0 Å². The third-order valence-electron chi connectivity index (χ3n) is 2.25. The zero-order valence-electron chi connectivity index (χ0n) is 9.66. The summed E-state index contributed by atoms with van der Waals surface area (Å²) in [4.78, 5) is 2.26. The van der Waals surface area contributed by atoms with E-state index in [4.69, 9.17) is 0 Å². The molecule has 0 aromatic heterocycles. The largest absolute Gasteiger partial charge is 0.295 e. The van der Waals surface area contributed by atoms with Crippen molar-refractivity contribution in [2.45, 2.75) is 19.8 Å². The maximum Gasteiger partial charge on any atom is 0.0602 e. The third kappa shape index (κ3) is 5.24. The maximum atomic E-state index is 3.19. The van der Waals surface area contributed by atoms with E-state index < -0.39 is 0 Å². The lowest BCUT2D eigenvalue weighted by Gasteiger charge is -2.11. The molecular formula is C14H19N. The summed E-state index contributed by atoms with van der Waals surface area (Å²) in [6.45, 7) is 4.21. The Labute approximate surface area is 93.1 Å². The number of unbranched alkanes of at least 4 members (excludes halogenated alkanes) is 1. The molecule has 0 aliphatic carbocycles. The minimum Gasteiger partial charge on any atom is -0.295 e. The molecule has 1 heteroatoms. The van der Waals surface area contributed by atoms with Crippen molar-refractivity contribution in [3.8, 4) is 11.8 Å². The van der Waals surface area contributed by atoms with Crippen LogP contribution in [-0.4, -0.2) is 25.0 Å². The fourth-order valence-corrected chi connectivity index (χ4v) is 1.31. The van der Waals surface area contributed by atoms with Crippen molar-refractivity contribution < 1.29 is 0 Å². The molecule has 0 bridgehead atoms. The number of rotatable bonds is 4. The molecule has 0 aliphatic heterocycles. The van der Waals surface area contributed by atoms with Crippen LogP contribution < -0.4 is 0 Å². The molecule has 0 aliphatic rings. The van der Waals surface area contributed by atoms with Crippen molar-refractivity contribution >= 4 is 0 Å². The summed E-state index contributed by atoms with van der Waals surface area (Å²) in [5, 5.41) is 0. The number of hydrogen-bond acceptors (Lipinski definition) is 1. The van der Waals surface area contributed by atoms with Gasteiger partial charge in [0.15, 0.2) is 0 Å². The van der Waals surface area contributed by atoms with Crippen molar-refractivity contribution in [2.24, 2.45) is 0 Å². The summed E-state index contributed by atoms with van der Waals surface area (Å²) in [6.07, 6.45) is 2.50. The summed E-state index contributed by atoms with van der Waals surface area (Å²) in [7, 11) is 2.12. The fraction of sp³-hybridized carbons (Fsp3) is 0.429. The Bertz CT molecular complexity index is 318. The smallest absolute Gasteiger partial charge is 0.0602 e. The van der Waals surface area contributed by atoms with Gasteiger partial charge in [0.2, 0.25) is 0 Å². The van der Waals surface area contributed by atoms with Crippen LogP contribution >= 0.6 is 0 Å². The first-order chi connectivity index (χ1) is 7.33. The van der Waals surface area contributed by atoms with Gasteiger partial charge in [0.1, 0.15) is 0 Å². The van der Waals surface area contributed by atoms with Crippen LogP contribution in [0.2, 0.25) is 0 Å². The van der Waals surface area contributed by atoms with E-state index in [0.29, 0.717) is 0 Å². The second kappa shape index (κ2) is 7.09. The van der Waals surface area contributed by atoms with Gasteiger partial charge >= 0.3 is 0 Å². The third-order valence-corrected chi connectivity index (χ3v) is 2.25. The standard InChI is InChI=1S/C14H19N/c1-3-4-12-15(2)13-8-11-14-9-6-5-7-10-14/h5-7,9-10H,3-4,12-13H2,1-2H3. The van der Waals surface area contributed by atoms with Crippen molar-refractivity contribution in [1.82, 2.24) is 4.90 Å². The molecule has 0 atom stereocenters. The van der Waals surface area contributed by atoms with E-state index in [1.807, 2.05) is 30.3 Å². The number of benzene rings is 1. The Hall–Kier alpha value is -1.26. The highest BCUT2D eigenvalue weighted by molar-refractivity contribution is 5.33. The summed E-state index contributed by atoms with van der Waals surface area (Å²) in [5.41, 5.74) is 1.10. The van der Waals surface area contributed by atoms with Crippen LogP contribution in [0.3, 0.4) is 0 Å². The number of hydrogen-bond donors (Lipinski definition) is 0. The van der Waals surface area contributed by atoms with Gasteiger partial charge in [-0.1, -0.05) is 43.4 Å². The normalized spacial score (nSPS) is 9.80. The zero-order valence-corrected chi connectivity index (χ0v) is 9.66. The van der Waals surface area contributed by atoms with E-state index in [2.05, 4.69) is 30.7 Å². The predicted molar refractivity (Wildman–Crippen MR) is 65.7 cm³/mol. The van der Waals surface area contributed by atoms with Crippen LogP contribution in [0.1, 0.15) is 25.3 Å². The average Bonchev–Trinajstić information content (AvgIpc) is 2.28. The minimum absolute atomic E-state index is 0.856. The highest BCUT2D eigenvalue weighted by atomic mass is 15.1. The second-order valence-corrected chi connectivity index (χ2v) is 3.76. The Balaban J connectivity index is 2.33. The molecule has 0 spiro atoms. The van der Waals surface area contributed by atoms with E-state index in [1.54, 1.807) is 0 Å². The minimum atomic E-state index is 0.856. The Morgan fingerprint density at radius 1 is 1.20 bits per heavy atom. The molecule has 1 aromatic carbocycles. The second-order valence-electron chi connectivity index (χ2n) is 3.76. The molecule has 0 N–H and O–H groups in total. The van der Waals surface area contributed by atoms with Crippen LogP contribution in [0, 0.1) is 11.8 Å². The van der Waals surface area contributed by atoms with Gasteiger partial charge < -0.3 is 0 Å². The SMILES string of the molecule is CCCCN(C)CC#Cc1ccccc1. The van der Waals surface area contributed by atoms with Gasteiger partial charge in [0.05, 0.1) is 6.54 Å². The number of nitrogens with zero attached hydrogens (tertiary/aromatic N) is 1. The molecule has 0 fully saturated rings. The molecule has 0 saturated carbocycles. The van der Waals surface area contributed by atoms with E-state index in [0.717, 1.165) is 18.7 Å². The lowest BCUT2D eigenvalue weighted by atomic mass is 10.2. The molecule has 15 heavy (non-hydrogen) atoms. The molecule has 0 amide bonds. The van der Waals surface area contributed by atoms with Crippen molar-refractivity contribution in [3.63, 3.8) is 0 Å². The van der Waals surface area contributed by atoms with E-state index in [9.17, 15) is 0 Å². The highest BCUT2D eigenvalue weighted by Crippen LogP contribution is 1.95. The van der Waals surface area contributed by atoms with Gasteiger partial charge in [-0.25, -0.2) is 0 Å². The van der Waals surface area contributed by atoms with Gasteiger partial charge in [-0.15, -0.1) is 0 Å². The van der Waals surface area contributed by atoms with Crippen molar-refractivity contribution in [2.75, 3.05) is 20.1 Å². The van der Waals surface area contributed by atoms with Gasteiger partial charge in [-0.3, -0.25) is 4.90 Å². The first-order valence-electron chi connectivity index (χ1n) is 5.55. The quantitative estimate of drug-likeness (QED) is 0.677. The van der Waals surface area contributed by atoms with E-state index in [-0.39, 0.29) is 0 Å². The fourth-order valence-electron chi connectivity index (χ4n) is 1.31. The topological polar surface area (TPSA) is 3.24 Å². The molecule has 1 rings (SSSR count). The van der Waals surface area contributed by atoms with Gasteiger partial charge in [0, 0.05) is 5.56 Å². The molecule has 0 radical (unpaired) electrons. The Kier molecular flexibility index (Phi) is 5.58.